The van der Waals surface area contributed by atoms with E-state index in [1.165, 1.54) is 21.9 Å². The largest absolute Gasteiger partial charge is 0.349 e. The molecule has 2 N–H and O–H groups in total. The lowest BCUT2D eigenvalue weighted by molar-refractivity contribution is -0.119. The van der Waals surface area contributed by atoms with Gasteiger partial charge in [0.2, 0.25) is 5.91 Å². The normalized spacial score (nSPS) is 12.1. The molecule has 1 aromatic heterocycles. The number of carbonyl (C=O) groups excluding carboxylic acids is 1. The number of benzene rings is 1. The number of aromatic nitrogens is 3. The number of amides is 1. The number of H-pyrrole nitrogens is 1. The third kappa shape index (κ3) is 4.00. The van der Waals surface area contributed by atoms with E-state index in [1.54, 1.807) is 7.05 Å². The molecule has 7 heteroatoms. The smallest absolute Gasteiger partial charge is 0.343 e. The van der Waals surface area contributed by atoms with Crippen molar-refractivity contribution in [3.05, 3.63) is 45.9 Å². The van der Waals surface area contributed by atoms with E-state index in [2.05, 4.69) is 34.6 Å². The number of carbonyl (C=O) groups is 1. The number of rotatable bonds is 6. The highest BCUT2D eigenvalue weighted by atomic mass is 32.2. The summed E-state index contributed by atoms with van der Waals surface area (Å²) in [5.74, 6) is 0.128. The Morgan fingerprint density at radius 1 is 1.41 bits per heavy atom. The molecule has 1 amide bonds. The summed E-state index contributed by atoms with van der Waals surface area (Å²) >= 11 is 1.23. The van der Waals surface area contributed by atoms with Gasteiger partial charge in [0.25, 0.3) is 0 Å². The Bertz CT molecular complexity index is 690. The number of hydrogen-bond donors (Lipinski definition) is 2. The van der Waals surface area contributed by atoms with Crippen molar-refractivity contribution in [2.24, 2.45) is 7.05 Å². The first-order chi connectivity index (χ1) is 10.5. The Labute approximate surface area is 133 Å². The van der Waals surface area contributed by atoms with E-state index in [9.17, 15) is 9.59 Å². The van der Waals surface area contributed by atoms with E-state index in [-0.39, 0.29) is 23.4 Å². The van der Waals surface area contributed by atoms with Crippen LogP contribution in [0.1, 0.15) is 31.0 Å². The summed E-state index contributed by atoms with van der Waals surface area (Å²) in [6, 6.07) is 8.17. The van der Waals surface area contributed by atoms with Crippen LogP contribution in [0.4, 0.5) is 0 Å². The molecule has 118 valence electrons. The van der Waals surface area contributed by atoms with E-state index in [0.29, 0.717) is 5.16 Å². The van der Waals surface area contributed by atoms with E-state index < -0.39 is 0 Å². The van der Waals surface area contributed by atoms with Gasteiger partial charge in [-0.3, -0.25) is 9.36 Å². The van der Waals surface area contributed by atoms with E-state index in [1.807, 2.05) is 19.1 Å². The standard InChI is InChI=1S/C15H20N4O2S/c1-4-11-5-7-12(8-6-11)10(2)16-13(20)9-22-15-18-17-14(21)19(15)3/h5-8,10H,4,9H2,1-3H3,(H,16,20)(H,17,21). The predicted octanol–water partition coefficient (Wildman–Crippen LogP) is 1.64. The van der Waals surface area contributed by atoms with Crippen LogP contribution in [0.25, 0.3) is 0 Å². The molecule has 1 atom stereocenters. The van der Waals surface area contributed by atoms with Gasteiger partial charge in [-0.15, -0.1) is 5.10 Å². The molecule has 1 heterocycles. The van der Waals surface area contributed by atoms with Gasteiger partial charge in [-0.05, 0) is 24.5 Å². The quantitative estimate of drug-likeness (QED) is 0.793. The van der Waals surface area contributed by atoms with Gasteiger partial charge in [0.1, 0.15) is 0 Å². The highest BCUT2D eigenvalue weighted by Gasteiger charge is 2.12. The lowest BCUT2D eigenvalue weighted by atomic mass is 10.1. The van der Waals surface area contributed by atoms with Crippen LogP contribution < -0.4 is 11.0 Å². The number of hydrogen-bond acceptors (Lipinski definition) is 4. The summed E-state index contributed by atoms with van der Waals surface area (Å²) in [5.41, 5.74) is 2.06. The van der Waals surface area contributed by atoms with Crippen LogP contribution in [-0.2, 0) is 18.3 Å². The number of aromatic amines is 1. The Kier molecular flexibility index (Phi) is 5.43. The van der Waals surface area contributed by atoms with E-state index in [4.69, 9.17) is 0 Å². The molecule has 1 unspecified atom stereocenters. The Balaban J connectivity index is 1.88. The van der Waals surface area contributed by atoms with Crippen molar-refractivity contribution in [3.63, 3.8) is 0 Å². The van der Waals surface area contributed by atoms with Crippen LogP contribution in [0.15, 0.2) is 34.2 Å². The van der Waals surface area contributed by atoms with E-state index in [0.717, 1.165) is 12.0 Å². The lowest BCUT2D eigenvalue weighted by Crippen LogP contribution is -2.28. The molecule has 0 fully saturated rings. The zero-order valence-corrected chi connectivity index (χ0v) is 13.7. The Morgan fingerprint density at radius 3 is 2.64 bits per heavy atom. The molecule has 0 spiro atoms. The van der Waals surface area contributed by atoms with Crippen molar-refractivity contribution < 1.29 is 4.79 Å². The first kappa shape index (κ1) is 16.4. The van der Waals surface area contributed by atoms with Gasteiger partial charge >= 0.3 is 5.69 Å². The monoisotopic (exact) mass is 320 g/mol. The Morgan fingerprint density at radius 2 is 2.09 bits per heavy atom. The fourth-order valence-corrected chi connectivity index (χ4v) is 2.73. The molecule has 0 aliphatic carbocycles. The summed E-state index contributed by atoms with van der Waals surface area (Å²) in [6.45, 7) is 4.06. The van der Waals surface area contributed by atoms with Crippen LogP contribution in [-0.4, -0.2) is 26.4 Å². The second-order valence-electron chi connectivity index (χ2n) is 5.04. The maximum atomic E-state index is 12.0. The van der Waals surface area contributed by atoms with Crippen LogP contribution in [0.5, 0.6) is 0 Å². The maximum Gasteiger partial charge on any atom is 0.343 e. The second kappa shape index (κ2) is 7.31. The SMILES string of the molecule is CCc1ccc(C(C)NC(=O)CSc2n[nH]c(=O)n2C)cc1. The minimum Gasteiger partial charge on any atom is -0.349 e. The summed E-state index contributed by atoms with van der Waals surface area (Å²) in [4.78, 5) is 23.2. The molecule has 0 bridgehead atoms. The highest BCUT2D eigenvalue weighted by molar-refractivity contribution is 7.99. The fraction of sp³-hybridized carbons (Fsp3) is 0.400. The molecule has 0 radical (unpaired) electrons. The lowest BCUT2D eigenvalue weighted by Gasteiger charge is -2.14. The van der Waals surface area contributed by atoms with Crippen molar-refractivity contribution in [2.45, 2.75) is 31.5 Å². The van der Waals surface area contributed by atoms with Crippen LogP contribution in [0, 0.1) is 0 Å². The average molecular weight is 320 g/mol. The van der Waals surface area contributed by atoms with Crippen molar-refractivity contribution in [1.82, 2.24) is 20.1 Å². The van der Waals surface area contributed by atoms with Crippen molar-refractivity contribution in [2.75, 3.05) is 5.75 Å². The molecular weight excluding hydrogens is 300 g/mol. The van der Waals surface area contributed by atoms with Gasteiger partial charge in [0.15, 0.2) is 5.16 Å². The molecule has 22 heavy (non-hydrogen) atoms. The zero-order chi connectivity index (χ0) is 16.1. The second-order valence-corrected chi connectivity index (χ2v) is 5.99. The van der Waals surface area contributed by atoms with Gasteiger partial charge in [-0.25, -0.2) is 9.89 Å². The minimum absolute atomic E-state index is 0.0537. The number of nitrogens with one attached hydrogen (secondary N) is 2. The predicted molar refractivity (Wildman–Crippen MR) is 86.9 cm³/mol. The number of nitrogens with zero attached hydrogens (tertiary/aromatic N) is 2. The molecule has 2 aromatic rings. The molecule has 0 saturated heterocycles. The maximum absolute atomic E-state index is 12.0. The molecule has 0 saturated carbocycles. The van der Waals surface area contributed by atoms with Gasteiger partial charge in [0.05, 0.1) is 11.8 Å². The van der Waals surface area contributed by atoms with Gasteiger partial charge in [-0.2, -0.15) is 0 Å². The highest BCUT2D eigenvalue weighted by Crippen LogP contribution is 2.15. The third-order valence-corrected chi connectivity index (χ3v) is 4.47. The van der Waals surface area contributed by atoms with Crippen LogP contribution in [0.3, 0.4) is 0 Å². The van der Waals surface area contributed by atoms with Gasteiger partial charge < -0.3 is 5.32 Å². The first-order valence-corrected chi connectivity index (χ1v) is 8.12. The summed E-state index contributed by atoms with van der Waals surface area (Å²) in [6.07, 6.45) is 1.00. The summed E-state index contributed by atoms with van der Waals surface area (Å²) in [5, 5.41) is 9.64. The van der Waals surface area contributed by atoms with Gasteiger partial charge in [-0.1, -0.05) is 43.0 Å². The number of aryl methyl sites for hydroxylation is 1. The molecule has 0 aliphatic rings. The third-order valence-electron chi connectivity index (χ3n) is 3.44. The Hall–Kier alpha value is -2.02. The molecule has 1 aromatic carbocycles. The molecule has 6 nitrogen and oxygen atoms in total. The van der Waals surface area contributed by atoms with Crippen LogP contribution in [0.2, 0.25) is 0 Å². The zero-order valence-electron chi connectivity index (χ0n) is 12.9. The minimum atomic E-state index is -0.285. The summed E-state index contributed by atoms with van der Waals surface area (Å²) in [7, 11) is 1.62. The van der Waals surface area contributed by atoms with Crippen LogP contribution >= 0.6 is 11.8 Å². The van der Waals surface area contributed by atoms with Gasteiger partial charge in [0, 0.05) is 7.05 Å². The number of thioether (sulfide) groups is 1. The topological polar surface area (TPSA) is 79.8 Å². The fourth-order valence-electron chi connectivity index (χ4n) is 2.00. The first-order valence-electron chi connectivity index (χ1n) is 7.13. The average Bonchev–Trinajstić information content (AvgIpc) is 2.84. The summed E-state index contributed by atoms with van der Waals surface area (Å²) < 4.78 is 1.38. The van der Waals surface area contributed by atoms with Crippen molar-refractivity contribution in [1.29, 1.82) is 0 Å². The van der Waals surface area contributed by atoms with E-state index >= 15 is 0 Å². The van der Waals surface area contributed by atoms with Crippen molar-refractivity contribution in [3.8, 4) is 0 Å². The van der Waals surface area contributed by atoms with Crippen molar-refractivity contribution >= 4 is 17.7 Å². The molecular formula is C15H20N4O2S. The molecule has 0 aliphatic heterocycles. The molecule has 2 rings (SSSR count).